The molecule has 2 N–H and O–H groups in total. The van der Waals surface area contributed by atoms with Crippen LogP contribution in [0.5, 0.6) is 17.4 Å². The number of nitrogens with two attached hydrogens (primary N) is 1. The van der Waals surface area contributed by atoms with Crippen molar-refractivity contribution in [1.29, 1.82) is 0 Å². The Bertz CT molecular complexity index is 1060. The van der Waals surface area contributed by atoms with Crippen LogP contribution in [0.3, 0.4) is 0 Å². The SMILES string of the molecule is COc1ccc(Oc2ncnc(N(Cc3ccccc3)Cc3ccccc3)c2N)cc1. The number of aromatic nitrogens is 2. The summed E-state index contributed by atoms with van der Waals surface area (Å²) in [5.41, 5.74) is 9.20. The van der Waals surface area contributed by atoms with Gasteiger partial charge in [-0.15, -0.1) is 0 Å². The summed E-state index contributed by atoms with van der Waals surface area (Å²) < 4.78 is 11.1. The van der Waals surface area contributed by atoms with Gasteiger partial charge in [0.25, 0.3) is 0 Å². The summed E-state index contributed by atoms with van der Waals surface area (Å²) in [7, 11) is 1.62. The largest absolute Gasteiger partial charge is 0.497 e. The lowest BCUT2D eigenvalue weighted by Crippen LogP contribution is -2.24. The quantitative estimate of drug-likeness (QED) is 0.436. The molecule has 31 heavy (non-hydrogen) atoms. The predicted octanol–water partition coefficient (Wildman–Crippen LogP) is 5.07. The second kappa shape index (κ2) is 9.63. The van der Waals surface area contributed by atoms with Crippen LogP contribution >= 0.6 is 0 Å². The zero-order valence-electron chi connectivity index (χ0n) is 17.3. The molecule has 1 aromatic heterocycles. The van der Waals surface area contributed by atoms with Gasteiger partial charge in [-0.05, 0) is 35.4 Å². The molecule has 0 radical (unpaired) electrons. The van der Waals surface area contributed by atoms with Gasteiger partial charge in [0.2, 0.25) is 5.88 Å². The van der Waals surface area contributed by atoms with Crippen LogP contribution in [0.4, 0.5) is 11.5 Å². The zero-order valence-corrected chi connectivity index (χ0v) is 17.3. The van der Waals surface area contributed by atoms with Crippen molar-refractivity contribution in [3.63, 3.8) is 0 Å². The average Bonchev–Trinajstić information content (AvgIpc) is 2.82. The van der Waals surface area contributed by atoms with Gasteiger partial charge in [-0.25, -0.2) is 4.98 Å². The summed E-state index contributed by atoms with van der Waals surface area (Å²) in [6.45, 7) is 1.30. The maximum Gasteiger partial charge on any atom is 0.248 e. The minimum Gasteiger partial charge on any atom is -0.497 e. The highest BCUT2D eigenvalue weighted by molar-refractivity contribution is 5.68. The second-order valence-corrected chi connectivity index (χ2v) is 7.02. The number of methoxy groups -OCH3 is 1. The maximum atomic E-state index is 6.48. The van der Waals surface area contributed by atoms with Crippen molar-refractivity contribution in [2.75, 3.05) is 17.7 Å². The van der Waals surface area contributed by atoms with Crippen molar-refractivity contribution in [3.8, 4) is 17.4 Å². The first-order valence-corrected chi connectivity index (χ1v) is 9.98. The molecule has 0 amide bonds. The standard InChI is InChI=1S/C25H24N4O2/c1-30-21-12-14-22(15-13-21)31-25-23(26)24(27-18-28-25)29(16-19-8-4-2-5-9-19)17-20-10-6-3-7-11-20/h2-15,18H,16-17,26H2,1H3. The summed E-state index contributed by atoms with van der Waals surface area (Å²) in [6, 6.07) is 27.7. The van der Waals surface area contributed by atoms with Crippen LogP contribution in [0.2, 0.25) is 0 Å². The highest BCUT2D eigenvalue weighted by Crippen LogP contribution is 2.33. The Balaban J connectivity index is 1.64. The second-order valence-electron chi connectivity index (χ2n) is 7.02. The van der Waals surface area contributed by atoms with Gasteiger partial charge in [0.05, 0.1) is 7.11 Å². The number of nitrogen functional groups attached to an aromatic ring is 1. The molecule has 0 atom stereocenters. The van der Waals surface area contributed by atoms with Crippen LogP contribution in [0.25, 0.3) is 0 Å². The van der Waals surface area contributed by atoms with Crippen molar-refractivity contribution >= 4 is 11.5 Å². The average molecular weight is 412 g/mol. The van der Waals surface area contributed by atoms with Gasteiger partial charge >= 0.3 is 0 Å². The van der Waals surface area contributed by atoms with Gasteiger partial charge in [0.15, 0.2) is 5.82 Å². The van der Waals surface area contributed by atoms with E-state index in [-0.39, 0.29) is 0 Å². The molecule has 0 aliphatic rings. The van der Waals surface area contributed by atoms with E-state index in [0.717, 1.165) is 16.9 Å². The molecule has 3 aromatic carbocycles. The monoisotopic (exact) mass is 412 g/mol. The van der Waals surface area contributed by atoms with Gasteiger partial charge in [0.1, 0.15) is 23.5 Å². The van der Waals surface area contributed by atoms with Crippen molar-refractivity contribution in [1.82, 2.24) is 9.97 Å². The molecule has 0 bridgehead atoms. The highest BCUT2D eigenvalue weighted by Gasteiger charge is 2.18. The maximum absolute atomic E-state index is 6.48. The zero-order chi connectivity index (χ0) is 21.5. The molecule has 0 unspecified atom stereocenters. The topological polar surface area (TPSA) is 73.5 Å². The fraction of sp³-hybridized carbons (Fsp3) is 0.120. The summed E-state index contributed by atoms with van der Waals surface area (Å²) in [4.78, 5) is 10.9. The molecule has 0 spiro atoms. The van der Waals surface area contributed by atoms with E-state index in [2.05, 4.69) is 39.1 Å². The van der Waals surface area contributed by atoms with E-state index in [1.807, 2.05) is 60.7 Å². The number of anilines is 2. The van der Waals surface area contributed by atoms with E-state index in [0.29, 0.717) is 36.2 Å². The molecule has 0 saturated heterocycles. The fourth-order valence-corrected chi connectivity index (χ4v) is 3.27. The number of rotatable bonds is 8. The molecule has 156 valence electrons. The molecule has 0 aliphatic carbocycles. The molecular weight excluding hydrogens is 388 g/mol. The smallest absolute Gasteiger partial charge is 0.248 e. The summed E-state index contributed by atoms with van der Waals surface area (Å²) in [6.07, 6.45) is 1.48. The van der Waals surface area contributed by atoms with Gasteiger partial charge < -0.3 is 20.1 Å². The first-order chi connectivity index (χ1) is 15.2. The summed E-state index contributed by atoms with van der Waals surface area (Å²) in [5, 5.41) is 0. The molecule has 4 aromatic rings. The normalized spacial score (nSPS) is 10.5. The number of nitrogens with zero attached hydrogens (tertiary/aromatic N) is 3. The Labute approximate surface area is 181 Å². The van der Waals surface area contributed by atoms with Gasteiger partial charge in [-0.3, -0.25) is 0 Å². The highest BCUT2D eigenvalue weighted by atomic mass is 16.5. The Morgan fingerprint density at radius 1 is 0.742 bits per heavy atom. The number of hydrogen-bond donors (Lipinski definition) is 1. The Morgan fingerprint density at radius 3 is 1.84 bits per heavy atom. The Hall–Kier alpha value is -4.06. The molecule has 6 nitrogen and oxygen atoms in total. The minimum atomic E-state index is 0.321. The minimum absolute atomic E-state index is 0.321. The van der Waals surface area contributed by atoms with Crippen molar-refractivity contribution in [2.24, 2.45) is 0 Å². The third-order valence-electron chi connectivity index (χ3n) is 4.83. The third-order valence-corrected chi connectivity index (χ3v) is 4.83. The summed E-state index contributed by atoms with van der Waals surface area (Å²) in [5.74, 6) is 2.32. The predicted molar refractivity (Wildman–Crippen MR) is 122 cm³/mol. The van der Waals surface area contributed by atoms with E-state index in [1.54, 1.807) is 7.11 Å². The van der Waals surface area contributed by atoms with E-state index in [4.69, 9.17) is 15.2 Å². The van der Waals surface area contributed by atoms with Crippen LogP contribution in [0.15, 0.2) is 91.3 Å². The molecule has 4 rings (SSSR count). The van der Waals surface area contributed by atoms with E-state index < -0.39 is 0 Å². The molecular formula is C25H24N4O2. The first kappa shape index (κ1) is 20.2. The van der Waals surface area contributed by atoms with Crippen molar-refractivity contribution < 1.29 is 9.47 Å². The molecule has 1 heterocycles. The third kappa shape index (κ3) is 5.11. The van der Waals surface area contributed by atoms with Crippen LogP contribution in [0, 0.1) is 0 Å². The van der Waals surface area contributed by atoms with Crippen LogP contribution in [-0.2, 0) is 13.1 Å². The molecule has 0 fully saturated rings. The van der Waals surface area contributed by atoms with Gasteiger partial charge in [-0.2, -0.15) is 4.98 Å². The van der Waals surface area contributed by atoms with Crippen LogP contribution in [0.1, 0.15) is 11.1 Å². The van der Waals surface area contributed by atoms with Crippen LogP contribution < -0.4 is 20.1 Å². The molecule has 0 aliphatic heterocycles. The van der Waals surface area contributed by atoms with E-state index in [9.17, 15) is 0 Å². The van der Waals surface area contributed by atoms with Crippen molar-refractivity contribution in [3.05, 3.63) is 102 Å². The van der Waals surface area contributed by atoms with Crippen molar-refractivity contribution in [2.45, 2.75) is 13.1 Å². The Kier molecular flexibility index (Phi) is 6.28. The number of benzene rings is 3. The lowest BCUT2D eigenvalue weighted by molar-refractivity contribution is 0.412. The summed E-state index contributed by atoms with van der Waals surface area (Å²) >= 11 is 0. The van der Waals surface area contributed by atoms with Gasteiger partial charge in [-0.1, -0.05) is 60.7 Å². The molecule has 0 saturated carbocycles. The lowest BCUT2D eigenvalue weighted by atomic mass is 10.1. The van der Waals surface area contributed by atoms with Gasteiger partial charge in [0, 0.05) is 13.1 Å². The fourth-order valence-electron chi connectivity index (χ4n) is 3.27. The van der Waals surface area contributed by atoms with E-state index in [1.165, 1.54) is 6.33 Å². The van der Waals surface area contributed by atoms with E-state index >= 15 is 0 Å². The lowest BCUT2D eigenvalue weighted by Gasteiger charge is -2.25. The van der Waals surface area contributed by atoms with Crippen LogP contribution in [-0.4, -0.2) is 17.1 Å². The Morgan fingerprint density at radius 2 is 1.29 bits per heavy atom. The number of hydrogen-bond acceptors (Lipinski definition) is 6. The molecule has 6 heteroatoms. The number of ether oxygens (including phenoxy) is 2. The first-order valence-electron chi connectivity index (χ1n) is 9.98.